The van der Waals surface area contributed by atoms with Gasteiger partial charge in [0.15, 0.2) is 0 Å². The molecule has 35 heavy (non-hydrogen) atoms. The van der Waals surface area contributed by atoms with Crippen LogP contribution in [-0.2, 0) is 21.4 Å². The van der Waals surface area contributed by atoms with Crippen molar-refractivity contribution in [2.45, 2.75) is 31.2 Å². The molecule has 1 saturated heterocycles. The van der Waals surface area contributed by atoms with Crippen molar-refractivity contribution in [2.24, 2.45) is 0 Å². The summed E-state index contributed by atoms with van der Waals surface area (Å²) in [6, 6.07) is 21.3. The molecular weight excluding hydrogens is 462 g/mol. The highest BCUT2D eigenvalue weighted by Gasteiger charge is 2.27. The van der Waals surface area contributed by atoms with E-state index in [0.29, 0.717) is 18.0 Å². The predicted octanol–water partition coefficient (Wildman–Crippen LogP) is 4.12. The van der Waals surface area contributed by atoms with E-state index in [1.165, 1.54) is 18.5 Å². The first kappa shape index (κ1) is 24.6. The largest absolute Gasteiger partial charge is 0.497 e. The number of methoxy groups -OCH3 is 1. The molecule has 1 fully saturated rings. The Balaban J connectivity index is 1.48. The number of amides is 1. The average Bonchev–Trinajstić information content (AvgIpc) is 3.42. The highest BCUT2D eigenvalue weighted by Crippen LogP contribution is 2.26. The Morgan fingerprint density at radius 1 is 0.943 bits per heavy atom. The van der Waals surface area contributed by atoms with Gasteiger partial charge in [-0.25, -0.2) is 8.42 Å². The van der Waals surface area contributed by atoms with Crippen molar-refractivity contribution in [1.29, 1.82) is 0 Å². The summed E-state index contributed by atoms with van der Waals surface area (Å²) in [5, 5.41) is 2.86. The van der Waals surface area contributed by atoms with Crippen LogP contribution in [0.2, 0.25) is 0 Å². The Kier molecular flexibility index (Phi) is 7.60. The number of ether oxygens (including phenoxy) is 1. The molecule has 1 amide bonds. The molecule has 1 aliphatic heterocycles. The second-order valence-electron chi connectivity index (χ2n) is 8.66. The summed E-state index contributed by atoms with van der Waals surface area (Å²) in [6.45, 7) is 4.02. The van der Waals surface area contributed by atoms with E-state index < -0.39 is 10.0 Å². The first-order chi connectivity index (χ1) is 16.9. The zero-order valence-electron chi connectivity index (χ0n) is 20.1. The maximum absolute atomic E-state index is 13.5. The van der Waals surface area contributed by atoms with Crippen molar-refractivity contribution in [2.75, 3.05) is 35.9 Å². The highest BCUT2D eigenvalue weighted by atomic mass is 32.2. The Morgan fingerprint density at radius 2 is 1.57 bits per heavy atom. The normalized spacial score (nSPS) is 13.5. The monoisotopic (exact) mass is 493 g/mol. The molecule has 0 unspecified atom stereocenters. The fraction of sp³-hybridized carbons (Fsp3) is 0.296. The number of sulfonamides is 1. The van der Waals surface area contributed by atoms with Crippen LogP contribution in [0.3, 0.4) is 0 Å². The lowest BCUT2D eigenvalue weighted by Crippen LogP contribution is -2.40. The number of nitrogens with one attached hydrogen (secondary N) is 1. The standard InChI is InChI=1S/C27H31N3O4S/c1-21-5-15-26(16-6-21)35(32,33)30(24-11-13-25(34-2)14-12-24)20-27(31)28-19-22-7-9-23(10-8-22)29-17-3-4-18-29/h5-16H,3-4,17-20H2,1-2H3,(H,28,31). The third-order valence-corrected chi connectivity index (χ3v) is 7.94. The number of benzene rings is 3. The minimum atomic E-state index is -3.96. The van der Waals surface area contributed by atoms with Crippen LogP contribution in [0.25, 0.3) is 0 Å². The number of rotatable bonds is 9. The molecule has 0 bridgehead atoms. The van der Waals surface area contributed by atoms with E-state index in [-0.39, 0.29) is 17.3 Å². The van der Waals surface area contributed by atoms with Crippen LogP contribution in [0.5, 0.6) is 5.75 Å². The zero-order chi connectivity index (χ0) is 24.8. The van der Waals surface area contributed by atoms with Crippen molar-refractivity contribution < 1.29 is 17.9 Å². The first-order valence-corrected chi connectivity index (χ1v) is 13.1. The third-order valence-electron chi connectivity index (χ3n) is 6.15. The fourth-order valence-corrected chi connectivity index (χ4v) is 5.51. The molecule has 0 spiro atoms. The molecule has 8 heteroatoms. The summed E-state index contributed by atoms with van der Waals surface area (Å²) >= 11 is 0. The van der Waals surface area contributed by atoms with E-state index in [1.807, 2.05) is 19.1 Å². The average molecular weight is 494 g/mol. The van der Waals surface area contributed by atoms with E-state index in [4.69, 9.17) is 4.74 Å². The van der Waals surface area contributed by atoms with Gasteiger partial charge in [0.05, 0.1) is 17.7 Å². The number of carbonyl (C=O) groups is 1. The molecule has 0 atom stereocenters. The topological polar surface area (TPSA) is 79.0 Å². The molecule has 0 aromatic heterocycles. The van der Waals surface area contributed by atoms with Crippen LogP contribution in [0, 0.1) is 6.92 Å². The van der Waals surface area contributed by atoms with E-state index in [1.54, 1.807) is 55.6 Å². The minimum absolute atomic E-state index is 0.129. The zero-order valence-corrected chi connectivity index (χ0v) is 20.9. The van der Waals surface area contributed by atoms with Crippen LogP contribution >= 0.6 is 0 Å². The van der Waals surface area contributed by atoms with Crippen LogP contribution < -0.4 is 19.3 Å². The molecular formula is C27H31N3O4S. The molecule has 0 radical (unpaired) electrons. The van der Waals surface area contributed by atoms with Gasteiger partial charge in [-0.1, -0.05) is 29.8 Å². The van der Waals surface area contributed by atoms with Gasteiger partial charge in [-0.05, 0) is 73.9 Å². The van der Waals surface area contributed by atoms with Crippen molar-refractivity contribution in [3.8, 4) is 5.75 Å². The number of hydrogen-bond donors (Lipinski definition) is 1. The Hall–Kier alpha value is -3.52. The van der Waals surface area contributed by atoms with Crippen molar-refractivity contribution >= 4 is 27.3 Å². The van der Waals surface area contributed by atoms with Gasteiger partial charge in [0, 0.05) is 25.3 Å². The summed E-state index contributed by atoms with van der Waals surface area (Å²) in [4.78, 5) is 15.4. The van der Waals surface area contributed by atoms with Gasteiger partial charge in [0.2, 0.25) is 5.91 Å². The lowest BCUT2D eigenvalue weighted by molar-refractivity contribution is -0.119. The van der Waals surface area contributed by atoms with Gasteiger partial charge in [0.1, 0.15) is 12.3 Å². The predicted molar refractivity (Wildman–Crippen MR) is 138 cm³/mol. The van der Waals surface area contributed by atoms with Gasteiger partial charge in [-0.15, -0.1) is 0 Å². The third kappa shape index (κ3) is 5.95. The Bertz CT molecular complexity index is 1240. The molecule has 1 heterocycles. The second kappa shape index (κ2) is 10.8. The SMILES string of the molecule is COc1ccc(N(CC(=O)NCc2ccc(N3CCCC3)cc2)S(=O)(=O)c2ccc(C)cc2)cc1. The molecule has 0 aliphatic carbocycles. The maximum Gasteiger partial charge on any atom is 0.264 e. The lowest BCUT2D eigenvalue weighted by Gasteiger charge is -2.24. The van der Waals surface area contributed by atoms with Crippen LogP contribution in [0.15, 0.2) is 77.7 Å². The van der Waals surface area contributed by atoms with Gasteiger partial charge in [-0.2, -0.15) is 0 Å². The molecule has 4 rings (SSSR count). The van der Waals surface area contributed by atoms with Crippen LogP contribution in [0.4, 0.5) is 11.4 Å². The number of aryl methyl sites for hydroxylation is 1. The molecule has 1 N–H and O–H groups in total. The second-order valence-corrected chi connectivity index (χ2v) is 10.5. The van der Waals surface area contributed by atoms with Crippen LogP contribution in [-0.4, -0.2) is 41.1 Å². The fourth-order valence-electron chi connectivity index (χ4n) is 4.09. The Labute approximate surface area is 207 Å². The summed E-state index contributed by atoms with van der Waals surface area (Å²) in [5.41, 5.74) is 3.48. The number of anilines is 2. The van der Waals surface area contributed by atoms with E-state index in [2.05, 4.69) is 22.3 Å². The molecule has 3 aromatic rings. The van der Waals surface area contributed by atoms with Crippen LogP contribution in [0.1, 0.15) is 24.0 Å². The number of carbonyl (C=O) groups excluding carboxylic acids is 1. The molecule has 3 aromatic carbocycles. The minimum Gasteiger partial charge on any atom is -0.497 e. The molecule has 1 aliphatic rings. The Morgan fingerprint density at radius 3 is 2.17 bits per heavy atom. The number of hydrogen-bond acceptors (Lipinski definition) is 5. The first-order valence-electron chi connectivity index (χ1n) is 11.7. The highest BCUT2D eigenvalue weighted by molar-refractivity contribution is 7.92. The summed E-state index contributed by atoms with van der Waals surface area (Å²) in [5.74, 6) is 0.211. The van der Waals surface area contributed by atoms with E-state index in [9.17, 15) is 13.2 Å². The maximum atomic E-state index is 13.5. The van der Waals surface area contributed by atoms with Gasteiger partial charge in [0.25, 0.3) is 10.0 Å². The van der Waals surface area contributed by atoms with Crippen molar-refractivity contribution in [3.63, 3.8) is 0 Å². The smallest absolute Gasteiger partial charge is 0.264 e. The van der Waals surface area contributed by atoms with Gasteiger partial charge >= 0.3 is 0 Å². The number of nitrogens with zero attached hydrogens (tertiary/aromatic N) is 2. The summed E-state index contributed by atoms with van der Waals surface area (Å²) < 4.78 is 33.3. The van der Waals surface area contributed by atoms with Crippen molar-refractivity contribution in [1.82, 2.24) is 5.32 Å². The lowest BCUT2D eigenvalue weighted by atomic mass is 10.2. The summed E-state index contributed by atoms with van der Waals surface area (Å²) in [7, 11) is -2.41. The molecule has 0 saturated carbocycles. The van der Waals surface area contributed by atoms with E-state index in [0.717, 1.165) is 28.5 Å². The van der Waals surface area contributed by atoms with Crippen molar-refractivity contribution in [3.05, 3.63) is 83.9 Å². The van der Waals surface area contributed by atoms with E-state index >= 15 is 0 Å². The quantitative estimate of drug-likeness (QED) is 0.485. The van der Waals surface area contributed by atoms with Gasteiger partial charge < -0.3 is 15.0 Å². The van der Waals surface area contributed by atoms with Gasteiger partial charge in [-0.3, -0.25) is 9.10 Å². The molecule has 7 nitrogen and oxygen atoms in total. The molecule has 184 valence electrons. The summed E-state index contributed by atoms with van der Waals surface area (Å²) in [6.07, 6.45) is 2.43.